The van der Waals surface area contributed by atoms with Crippen molar-refractivity contribution >= 4 is 17.3 Å². The minimum atomic E-state index is 0.684. The summed E-state index contributed by atoms with van der Waals surface area (Å²) in [5, 5.41) is 12.7. The first kappa shape index (κ1) is 13.5. The standard InChI is InChI=1S/C13H17N3S/c1-3-7-15-13(17)16(2)10-12-6-4-5-11(8-12)9-14/h4-6,8H,3,7,10H2,1-2H3,(H,15,17). The Hall–Kier alpha value is -1.60. The van der Waals surface area contributed by atoms with Gasteiger partial charge in [0.2, 0.25) is 0 Å². The van der Waals surface area contributed by atoms with Gasteiger partial charge in [-0.1, -0.05) is 19.1 Å². The summed E-state index contributed by atoms with van der Waals surface area (Å²) in [6.07, 6.45) is 1.05. The van der Waals surface area contributed by atoms with Crippen LogP contribution < -0.4 is 5.32 Å². The molecular weight excluding hydrogens is 230 g/mol. The van der Waals surface area contributed by atoms with E-state index >= 15 is 0 Å². The van der Waals surface area contributed by atoms with Crippen LogP contribution in [0.3, 0.4) is 0 Å². The molecule has 1 aromatic rings. The van der Waals surface area contributed by atoms with Crippen LogP contribution in [0.5, 0.6) is 0 Å². The average Bonchev–Trinajstić information content (AvgIpc) is 2.36. The summed E-state index contributed by atoms with van der Waals surface area (Å²) in [4.78, 5) is 1.97. The zero-order valence-corrected chi connectivity index (χ0v) is 11.0. The third-order valence-corrected chi connectivity index (χ3v) is 2.80. The van der Waals surface area contributed by atoms with Crippen molar-refractivity contribution < 1.29 is 0 Å². The molecule has 0 aliphatic heterocycles. The molecule has 17 heavy (non-hydrogen) atoms. The fraction of sp³-hybridized carbons (Fsp3) is 0.385. The van der Waals surface area contributed by atoms with E-state index in [-0.39, 0.29) is 0 Å². The topological polar surface area (TPSA) is 39.1 Å². The molecule has 0 radical (unpaired) electrons. The first-order valence-corrected chi connectivity index (χ1v) is 6.06. The van der Waals surface area contributed by atoms with Crippen molar-refractivity contribution in [3.05, 3.63) is 35.4 Å². The maximum atomic E-state index is 8.82. The van der Waals surface area contributed by atoms with E-state index in [0.717, 1.165) is 23.6 Å². The van der Waals surface area contributed by atoms with Crippen LogP contribution in [0, 0.1) is 11.3 Å². The van der Waals surface area contributed by atoms with Crippen molar-refractivity contribution in [2.45, 2.75) is 19.9 Å². The van der Waals surface area contributed by atoms with Crippen LogP contribution in [0.4, 0.5) is 0 Å². The molecule has 0 amide bonds. The number of hydrogen-bond acceptors (Lipinski definition) is 2. The van der Waals surface area contributed by atoms with Gasteiger partial charge in [0.25, 0.3) is 0 Å². The highest BCUT2D eigenvalue weighted by Gasteiger charge is 2.04. The number of rotatable bonds is 4. The largest absolute Gasteiger partial charge is 0.363 e. The third-order valence-electron chi connectivity index (χ3n) is 2.35. The van der Waals surface area contributed by atoms with Crippen LogP contribution in [-0.4, -0.2) is 23.6 Å². The Labute approximate surface area is 108 Å². The highest BCUT2D eigenvalue weighted by Crippen LogP contribution is 2.06. The SMILES string of the molecule is CCCNC(=S)N(C)Cc1cccc(C#N)c1. The van der Waals surface area contributed by atoms with Gasteiger partial charge in [0.15, 0.2) is 5.11 Å². The number of nitrogens with one attached hydrogen (secondary N) is 1. The molecule has 1 N–H and O–H groups in total. The minimum absolute atomic E-state index is 0.684. The fourth-order valence-electron chi connectivity index (χ4n) is 1.45. The maximum Gasteiger partial charge on any atom is 0.168 e. The summed E-state index contributed by atoms with van der Waals surface area (Å²) in [5.74, 6) is 0. The lowest BCUT2D eigenvalue weighted by Crippen LogP contribution is -2.36. The monoisotopic (exact) mass is 247 g/mol. The highest BCUT2D eigenvalue weighted by molar-refractivity contribution is 7.80. The van der Waals surface area contributed by atoms with Gasteiger partial charge in [-0.15, -0.1) is 0 Å². The predicted octanol–water partition coefficient (Wildman–Crippen LogP) is 2.27. The second kappa shape index (κ2) is 6.87. The Morgan fingerprint density at radius 1 is 1.53 bits per heavy atom. The van der Waals surface area contributed by atoms with Gasteiger partial charge in [0.05, 0.1) is 11.6 Å². The molecule has 1 rings (SSSR count). The van der Waals surface area contributed by atoms with E-state index in [1.54, 1.807) is 6.07 Å². The Morgan fingerprint density at radius 3 is 2.94 bits per heavy atom. The van der Waals surface area contributed by atoms with Crippen LogP contribution in [0.15, 0.2) is 24.3 Å². The first-order valence-electron chi connectivity index (χ1n) is 5.65. The molecule has 3 nitrogen and oxygen atoms in total. The van der Waals surface area contributed by atoms with Gasteiger partial charge >= 0.3 is 0 Å². The number of hydrogen-bond donors (Lipinski definition) is 1. The van der Waals surface area contributed by atoms with E-state index in [2.05, 4.69) is 18.3 Å². The van der Waals surface area contributed by atoms with E-state index in [1.165, 1.54) is 0 Å². The van der Waals surface area contributed by atoms with Crippen molar-refractivity contribution in [3.8, 4) is 6.07 Å². The van der Waals surface area contributed by atoms with Crippen molar-refractivity contribution in [1.29, 1.82) is 5.26 Å². The molecule has 0 aliphatic rings. The molecule has 0 unspecified atom stereocenters. The van der Waals surface area contributed by atoms with Gasteiger partial charge in [0, 0.05) is 20.1 Å². The van der Waals surface area contributed by atoms with Crippen molar-refractivity contribution in [3.63, 3.8) is 0 Å². The van der Waals surface area contributed by atoms with Gasteiger partial charge < -0.3 is 10.2 Å². The Kier molecular flexibility index (Phi) is 5.44. The summed E-state index contributed by atoms with van der Waals surface area (Å²) >= 11 is 5.25. The average molecular weight is 247 g/mol. The zero-order valence-electron chi connectivity index (χ0n) is 10.2. The molecule has 0 spiro atoms. The van der Waals surface area contributed by atoms with Gasteiger partial charge in [-0.2, -0.15) is 5.26 Å². The molecule has 0 aromatic heterocycles. The van der Waals surface area contributed by atoms with Crippen molar-refractivity contribution in [2.75, 3.05) is 13.6 Å². The molecule has 90 valence electrons. The molecule has 0 saturated carbocycles. The third kappa shape index (κ3) is 4.41. The summed E-state index contributed by atoms with van der Waals surface area (Å²) in [7, 11) is 1.95. The van der Waals surface area contributed by atoms with Crippen molar-refractivity contribution in [1.82, 2.24) is 10.2 Å². The van der Waals surface area contributed by atoms with Crippen LogP contribution >= 0.6 is 12.2 Å². The molecule has 0 fully saturated rings. The maximum absolute atomic E-state index is 8.82. The summed E-state index contributed by atoms with van der Waals surface area (Å²) in [6.45, 7) is 3.71. The van der Waals surface area contributed by atoms with E-state index in [9.17, 15) is 0 Å². The van der Waals surface area contributed by atoms with Crippen LogP contribution in [0.1, 0.15) is 24.5 Å². The molecule has 4 heteroatoms. The zero-order chi connectivity index (χ0) is 12.7. The Morgan fingerprint density at radius 2 is 2.29 bits per heavy atom. The second-order valence-electron chi connectivity index (χ2n) is 3.90. The molecule has 0 atom stereocenters. The molecule has 0 saturated heterocycles. The Bertz CT molecular complexity index is 423. The van der Waals surface area contributed by atoms with E-state index in [4.69, 9.17) is 17.5 Å². The lowest BCUT2D eigenvalue weighted by molar-refractivity contribution is 0.489. The molecule has 1 aromatic carbocycles. The summed E-state index contributed by atoms with van der Waals surface area (Å²) in [5.41, 5.74) is 1.77. The fourth-order valence-corrected chi connectivity index (χ4v) is 1.62. The number of thiocarbonyl (C=S) groups is 1. The molecular formula is C13H17N3S. The predicted molar refractivity (Wildman–Crippen MR) is 73.5 cm³/mol. The first-order chi connectivity index (χ1) is 8.17. The highest BCUT2D eigenvalue weighted by atomic mass is 32.1. The second-order valence-corrected chi connectivity index (χ2v) is 4.29. The molecule has 0 heterocycles. The van der Waals surface area contributed by atoms with Gasteiger partial charge in [-0.3, -0.25) is 0 Å². The van der Waals surface area contributed by atoms with E-state index < -0.39 is 0 Å². The van der Waals surface area contributed by atoms with E-state index in [1.807, 2.05) is 30.1 Å². The summed E-state index contributed by atoms with van der Waals surface area (Å²) < 4.78 is 0. The van der Waals surface area contributed by atoms with Gasteiger partial charge in [-0.05, 0) is 36.3 Å². The molecule has 0 aliphatic carbocycles. The van der Waals surface area contributed by atoms with E-state index in [0.29, 0.717) is 12.1 Å². The van der Waals surface area contributed by atoms with Crippen molar-refractivity contribution in [2.24, 2.45) is 0 Å². The van der Waals surface area contributed by atoms with Gasteiger partial charge in [0.1, 0.15) is 0 Å². The van der Waals surface area contributed by atoms with Crippen LogP contribution in [0.2, 0.25) is 0 Å². The smallest absolute Gasteiger partial charge is 0.168 e. The normalized spacial score (nSPS) is 9.47. The molecule has 0 bridgehead atoms. The summed E-state index contributed by atoms with van der Waals surface area (Å²) in [6, 6.07) is 9.72. The number of nitrogens with zero attached hydrogens (tertiary/aromatic N) is 2. The quantitative estimate of drug-likeness (QED) is 0.829. The minimum Gasteiger partial charge on any atom is -0.363 e. The van der Waals surface area contributed by atoms with Crippen LogP contribution in [-0.2, 0) is 6.54 Å². The number of nitriles is 1. The lowest BCUT2D eigenvalue weighted by Gasteiger charge is -2.21. The Balaban J connectivity index is 2.58. The number of benzene rings is 1. The van der Waals surface area contributed by atoms with Gasteiger partial charge in [-0.25, -0.2) is 0 Å². The van der Waals surface area contributed by atoms with Crippen LogP contribution in [0.25, 0.3) is 0 Å². The lowest BCUT2D eigenvalue weighted by atomic mass is 10.1.